The van der Waals surface area contributed by atoms with Gasteiger partial charge in [0.05, 0.1) is 5.56 Å². The maximum atomic E-state index is 12.8. The molecule has 0 atom stereocenters. The van der Waals surface area contributed by atoms with Gasteiger partial charge in [-0.1, -0.05) is 30.3 Å². The molecule has 0 bridgehead atoms. The number of alkyl halides is 4. The second-order valence-electron chi connectivity index (χ2n) is 4.50. The number of rotatable bonds is 5. The average molecular weight is 315 g/mol. The molecule has 1 aromatic carbocycles. The summed E-state index contributed by atoms with van der Waals surface area (Å²) >= 11 is 5.75. The van der Waals surface area contributed by atoms with Crippen LogP contribution in [-0.2, 0) is 12.7 Å². The Balaban J connectivity index is 2.26. The second kappa shape index (κ2) is 6.80. The zero-order valence-electron chi connectivity index (χ0n) is 11.1. The van der Waals surface area contributed by atoms with E-state index < -0.39 is 11.7 Å². The molecule has 6 heteroatoms. The Labute approximate surface area is 126 Å². The molecule has 2 rings (SSSR count). The van der Waals surface area contributed by atoms with Gasteiger partial charge in [0.25, 0.3) is 0 Å². The molecule has 0 aliphatic heterocycles. The van der Waals surface area contributed by atoms with Crippen molar-refractivity contribution in [1.29, 1.82) is 0 Å². The van der Waals surface area contributed by atoms with Gasteiger partial charge in [-0.15, -0.1) is 11.6 Å². The van der Waals surface area contributed by atoms with Crippen molar-refractivity contribution < 1.29 is 13.2 Å². The minimum Gasteiger partial charge on any atom is -0.351 e. The first kappa shape index (κ1) is 15.6. The van der Waals surface area contributed by atoms with Crippen molar-refractivity contribution in [2.45, 2.75) is 12.7 Å². The van der Waals surface area contributed by atoms with Crippen molar-refractivity contribution in [3.05, 3.63) is 59.8 Å². The Hall–Kier alpha value is -1.75. The maximum Gasteiger partial charge on any atom is 0.416 e. The number of hydrogen-bond acceptors (Lipinski definition) is 2. The van der Waals surface area contributed by atoms with Crippen molar-refractivity contribution in [2.75, 3.05) is 17.3 Å². The minimum atomic E-state index is -4.38. The van der Waals surface area contributed by atoms with Crippen molar-refractivity contribution >= 4 is 17.4 Å². The lowest BCUT2D eigenvalue weighted by atomic mass is 10.2. The SMILES string of the molecule is FC(F)(F)c1ccnc(N(CCCl)Cc2ccccc2)c1. The molecule has 21 heavy (non-hydrogen) atoms. The maximum absolute atomic E-state index is 12.8. The summed E-state index contributed by atoms with van der Waals surface area (Å²) in [5.74, 6) is 0.583. The summed E-state index contributed by atoms with van der Waals surface area (Å²) in [7, 11) is 0. The van der Waals surface area contributed by atoms with Gasteiger partial charge in [0, 0.05) is 25.2 Å². The number of pyridine rings is 1. The highest BCUT2D eigenvalue weighted by Crippen LogP contribution is 2.31. The van der Waals surface area contributed by atoms with Crippen molar-refractivity contribution in [3.63, 3.8) is 0 Å². The van der Waals surface area contributed by atoms with Crippen molar-refractivity contribution in [1.82, 2.24) is 4.98 Å². The average Bonchev–Trinajstić information content (AvgIpc) is 2.47. The number of anilines is 1. The van der Waals surface area contributed by atoms with Gasteiger partial charge in [-0.2, -0.15) is 13.2 Å². The number of benzene rings is 1. The zero-order chi connectivity index (χ0) is 15.3. The van der Waals surface area contributed by atoms with Gasteiger partial charge in [0.15, 0.2) is 0 Å². The summed E-state index contributed by atoms with van der Waals surface area (Å²) in [5.41, 5.74) is 0.280. The molecule has 0 amide bonds. The predicted octanol–water partition coefficient (Wildman–Crippen LogP) is 4.35. The van der Waals surface area contributed by atoms with Gasteiger partial charge in [0.2, 0.25) is 0 Å². The zero-order valence-corrected chi connectivity index (χ0v) is 11.9. The molecule has 112 valence electrons. The molecule has 0 N–H and O–H groups in total. The van der Waals surface area contributed by atoms with E-state index in [-0.39, 0.29) is 5.82 Å². The highest BCUT2D eigenvalue weighted by Gasteiger charge is 2.31. The van der Waals surface area contributed by atoms with Crippen LogP contribution in [-0.4, -0.2) is 17.4 Å². The van der Waals surface area contributed by atoms with E-state index in [0.717, 1.165) is 17.7 Å². The first-order chi connectivity index (χ1) is 10.0. The van der Waals surface area contributed by atoms with Crippen LogP contribution in [0.15, 0.2) is 48.7 Å². The summed E-state index contributed by atoms with van der Waals surface area (Å²) in [5, 5.41) is 0. The van der Waals surface area contributed by atoms with Crippen LogP contribution in [0.4, 0.5) is 19.0 Å². The summed E-state index contributed by atoms with van der Waals surface area (Å²) in [4.78, 5) is 5.77. The summed E-state index contributed by atoms with van der Waals surface area (Å²) in [6, 6.07) is 11.5. The third-order valence-electron chi connectivity index (χ3n) is 2.97. The molecular weight excluding hydrogens is 301 g/mol. The van der Waals surface area contributed by atoms with Crippen LogP contribution in [0.3, 0.4) is 0 Å². The van der Waals surface area contributed by atoms with Gasteiger partial charge >= 0.3 is 6.18 Å². The Bertz CT molecular complexity index is 573. The predicted molar refractivity (Wildman–Crippen MR) is 77.5 cm³/mol. The monoisotopic (exact) mass is 314 g/mol. The Morgan fingerprint density at radius 2 is 1.81 bits per heavy atom. The van der Waals surface area contributed by atoms with Gasteiger partial charge < -0.3 is 4.90 Å². The normalized spacial score (nSPS) is 11.4. The fourth-order valence-electron chi connectivity index (χ4n) is 1.95. The van der Waals surface area contributed by atoms with Crippen LogP contribution in [0.25, 0.3) is 0 Å². The fraction of sp³-hybridized carbons (Fsp3) is 0.267. The largest absolute Gasteiger partial charge is 0.416 e. The van der Waals surface area contributed by atoms with Crippen LogP contribution < -0.4 is 4.90 Å². The molecule has 1 aromatic heterocycles. The molecule has 0 spiro atoms. The van der Waals surface area contributed by atoms with Gasteiger partial charge in [-0.25, -0.2) is 4.98 Å². The minimum absolute atomic E-state index is 0.273. The standard InChI is InChI=1S/C15H14ClF3N2/c16-7-9-21(11-12-4-2-1-3-5-12)14-10-13(6-8-20-14)15(17,18)19/h1-6,8,10H,7,9,11H2. The fourth-order valence-corrected chi connectivity index (χ4v) is 2.15. The third-order valence-corrected chi connectivity index (χ3v) is 3.14. The summed E-state index contributed by atoms with van der Waals surface area (Å²) < 4.78 is 38.3. The van der Waals surface area contributed by atoms with Crippen LogP contribution in [0.1, 0.15) is 11.1 Å². The molecule has 0 saturated heterocycles. The first-order valence-corrected chi connectivity index (χ1v) is 6.92. The van der Waals surface area contributed by atoms with Crippen LogP contribution >= 0.6 is 11.6 Å². The quantitative estimate of drug-likeness (QED) is 0.763. The summed E-state index contributed by atoms with van der Waals surface area (Å²) in [6.45, 7) is 0.882. The van der Waals surface area contributed by atoms with Gasteiger partial charge in [0.1, 0.15) is 5.82 Å². The van der Waals surface area contributed by atoms with E-state index in [0.29, 0.717) is 19.0 Å². The van der Waals surface area contributed by atoms with E-state index in [4.69, 9.17) is 11.6 Å². The van der Waals surface area contributed by atoms with Crippen LogP contribution in [0.5, 0.6) is 0 Å². The van der Waals surface area contributed by atoms with E-state index in [1.165, 1.54) is 6.20 Å². The van der Waals surface area contributed by atoms with Crippen LogP contribution in [0, 0.1) is 0 Å². The topological polar surface area (TPSA) is 16.1 Å². The third kappa shape index (κ3) is 4.36. The number of halogens is 4. The van der Waals surface area contributed by atoms with E-state index in [1.54, 1.807) is 4.90 Å². The second-order valence-corrected chi connectivity index (χ2v) is 4.87. The Kier molecular flexibility index (Phi) is 5.07. The smallest absolute Gasteiger partial charge is 0.351 e. The Morgan fingerprint density at radius 3 is 2.43 bits per heavy atom. The molecule has 2 nitrogen and oxygen atoms in total. The van der Waals surface area contributed by atoms with E-state index in [2.05, 4.69) is 4.98 Å². The van der Waals surface area contributed by atoms with Crippen molar-refractivity contribution in [2.24, 2.45) is 0 Å². The van der Waals surface area contributed by atoms with Gasteiger partial charge in [-0.3, -0.25) is 0 Å². The van der Waals surface area contributed by atoms with E-state index in [9.17, 15) is 13.2 Å². The lowest BCUT2D eigenvalue weighted by Crippen LogP contribution is -2.26. The van der Waals surface area contributed by atoms with Gasteiger partial charge in [-0.05, 0) is 17.7 Å². The highest BCUT2D eigenvalue weighted by atomic mass is 35.5. The molecule has 0 unspecified atom stereocenters. The lowest BCUT2D eigenvalue weighted by Gasteiger charge is -2.23. The molecule has 2 aromatic rings. The highest BCUT2D eigenvalue weighted by molar-refractivity contribution is 6.18. The summed E-state index contributed by atoms with van der Waals surface area (Å²) in [6.07, 6.45) is -3.21. The van der Waals surface area contributed by atoms with Crippen molar-refractivity contribution in [3.8, 4) is 0 Å². The Morgan fingerprint density at radius 1 is 1.10 bits per heavy atom. The molecule has 0 fully saturated rings. The molecule has 0 saturated carbocycles. The number of nitrogens with zero attached hydrogens (tertiary/aromatic N) is 2. The molecule has 0 aliphatic rings. The molecule has 1 heterocycles. The first-order valence-electron chi connectivity index (χ1n) is 6.39. The van der Waals surface area contributed by atoms with Crippen LogP contribution in [0.2, 0.25) is 0 Å². The molecule has 0 aliphatic carbocycles. The molecular formula is C15H14ClF3N2. The number of aromatic nitrogens is 1. The molecule has 0 radical (unpaired) electrons. The van der Waals surface area contributed by atoms with E-state index in [1.807, 2.05) is 30.3 Å². The number of hydrogen-bond donors (Lipinski definition) is 0. The van der Waals surface area contributed by atoms with E-state index >= 15 is 0 Å². The lowest BCUT2D eigenvalue weighted by molar-refractivity contribution is -0.137.